The average Bonchev–Trinajstić information content (AvgIpc) is 3.33. The van der Waals surface area contributed by atoms with Crippen molar-refractivity contribution < 1.29 is 14.3 Å². The van der Waals surface area contributed by atoms with Crippen LogP contribution >= 0.6 is 0 Å². The van der Waals surface area contributed by atoms with Crippen molar-refractivity contribution in [3.8, 4) is 11.5 Å². The van der Waals surface area contributed by atoms with Crippen LogP contribution in [0.5, 0.6) is 11.5 Å². The topological polar surface area (TPSA) is 59.6 Å². The standard InChI is InChI=1S/C23H32N2O3/c26-22(13-16-11-18-4-5-19(12-16)25-18)24-15-23(7-1-2-8-23)17-3-6-20-21(14-17)28-10-9-27-20/h3,6,14,16,18-19,25H,1-2,4-5,7-13,15H2,(H,24,26). The number of amides is 1. The molecule has 0 spiro atoms. The van der Waals surface area contributed by atoms with Gasteiger partial charge < -0.3 is 20.1 Å². The maximum Gasteiger partial charge on any atom is 0.220 e. The van der Waals surface area contributed by atoms with Crippen LogP contribution in [0.4, 0.5) is 0 Å². The van der Waals surface area contributed by atoms with Crippen LogP contribution in [0.15, 0.2) is 18.2 Å². The molecule has 152 valence electrons. The Balaban J connectivity index is 1.23. The Morgan fingerprint density at radius 1 is 1.07 bits per heavy atom. The number of carbonyl (C=O) groups excluding carboxylic acids is 1. The molecule has 5 heteroatoms. The lowest BCUT2D eigenvalue weighted by Crippen LogP contribution is -2.42. The molecule has 0 aromatic heterocycles. The third kappa shape index (κ3) is 3.61. The van der Waals surface area contributed by atoms with Gasteiger partial charge in [-0.1, -0.05) is 18.9 Å². The monoisotopic (exact) mass is 384 g/mol. The van der Waals surface area contributed by atoms with Crippen LogP contribution in [0.1, 0.15) is 63.4 Å². The molecule has 1 aromatic rings. The van der Waals surface area contributed by atoms with Crippen LogP contribution in [-0.2, 0) is 10.2 Å². The molecule has 1 aromatic carbocycles. The first kappa shape index (κ1) is 18.3. The Labute approximate surface area is 167 Å². The third-order valence-electron chi connectivity index (χ3n) is 7.38. The molecule has 4 aliphatic rings. The van der Waals surface area contributed by atoms with Gasteiger partial charge in [0.05, 0.1) is 0 Å². The fourth-order valence-corrected chi connectivity index (χ4v) is 5.94. The summed E-state index contributed by atoms with van der Waals surface area (Å²) in [7, 11) is 0. The lowest BCUT2D eigenvalue weighted by atomic mass is 9.78. The van der Waals surface area contributed by atoms with Crippen LogP contribution in [0.2, 0.25) is 0 Å². The minimum Gasteiger partial charge on any atom is -0.486 e. The SMILES string of the molecule is O=C(CC1CC2CCC(C1)N2)NCC1(c2ccc3c(c2)OCCO3)CCCC1. The molecule has 1 aliphatic carbocycles. The summed E-state index contributed by atoms with van der Waals surface area (Å²) in [5.41, 5.74) is 1.33. The second-order valence-corrected chi connectivity index (χ2v) is 9.30. The zero-order valence-electron chi connectivity index (χ0n) is 16.7. The fraction of sp³-hybridized carbons (Fsp3) is 0.696. The van der Waals surface area contributed by atoms with Crippen molar-refractivity contribution in [2.24, 2.45) is 5.92 Å². The smallest absolute Gasteiger partial charge is 0.220 e. The summed E-state index contributed by atoms with van der Waals surface area (Å²) >= 11 is 0. The second kappa shape index (κ2) is 7.58. The molecule has 2 N–H and O–H groups in total. The summed E-state index contributed by atoms with van der Waals surface area (Å²) in [5, 5.41) is 6.98. The van der Waals surface area contributed by atoms with Gasteiger partial charge in [0, 0.05) is 30.5 Å². The number of nitrogens with one attached hydrogen (secondary N) is 2. The Kier molecular flexibility index (Phi) is 4.95. The second-order valence-electron chi connectivity index (χ2n) is 9.30. The molecule has 1 saturated carbocycles. The van der Waals surface area contributed by atoms with E-state index in [9.17, 15) is 4.79 Å². The van der Waals surface area contributed by atoms with E-state index in [4.69, 9.17) is 9.47 Å². The van der Waals surface area contributed by atoms with E-state index in [0.29, 0.717) is 37.6 Å². The van der Waals surface area contributed by atoms with Gasteiger partial charge in [0.15, 0.2) is 11.5 Å². The molecule has 5 nitrogen and oxygen atoms in total. The lowest BCUT2D eigenvalue weighted by molar-refractivity contribution is -0.122. The van der Waals surface area contributed by atoms with Crippen molar-refractivity contribution in [2.45, 2.75) is 75.3 Å². The largest absolute Gasteiger partial charge is 0.486 e. The van der Waals surface area contributed by atoms with E-state index in [1.165, 1.54) is 31.2 Å². The summed E-state index contributed by atoms with van der Waals surface area (Å²) in [6.07, 6.45) is 10.3. The van der Waals surface area contributed by atoms with Crippen molar-refractivity contribution in [1.29, 1.82) is 0 Å². The molecular formula is C23H32N2O3. The van der Waals surface area contributed by atoms with E-state index in [1.54, 1.807) is 0 Å². The number of piperidine rings is 1. The highest BCUT2D eigenvalue weighted by Gasteiger charge is 2.38. The number of ether oxygens (including phenoxy) is 2. The summed E-state index contributed by atoms with van der Waals surface area (Å²) in [6, 6.07) is 7.66. The molecule has 3 heterocycles. The van der Waals surface area contributed by atoms with Crippen LogP contribution in [0, 0.1) is 5.92 Å². The van der Waals surface area contributed by atoms with E-state index in [2.05, 4.69) is 22.8 Å². The Bertz CT molecular complexity index is 717. The molecule has 2 atom stereocenters. The summed E-state index contributed by atoms with van der Waals surface area (Å²) < 4.78 is 11.5. The fourth-order valence-electron chi connectivity index (χ4n) is 5.94. The van der Waals surface area contributed by atoms with Crippen LogP contribution < -0.4 is 20.1 Å². The number of carbonyl (C=O) groups is 1. The van der Waals surface area contributed by atoms with Gasteiger partial charge >= 0.3 is 0 Å². The van der Waals surface area contributed by atoms with Gasteiger partial charge in [0.25, 0.3) is 0 Å². The minimum atomic E-state index is 0.0403. The Hall–Kier alpha value is -1.75. The van der Waals surface area contributed by atoms with Gasteiger partial charge in [-0.3, -0.25) is 4.79 Å². The van der Waals surface area contributed by atoms with Crippen molar-refractivity contribution in [2.75, 3.05) is 19.8 Å². The zero-order chi connectivity index (χ0) is 19.0. The van der Waals surface area contributed by atoms with Crippen molar-refractivity contribution in [3.05, 3.63) is 23.8 Å². The van der Waals surface area contributed by atoms with Crippen molar-refractivity contribution in [3.63, 3.8) is 0 Å². The average molecular weight is 385 g/mol. The zero-order valence-corrected chi connectivity index (χ0v) is 16.7. The van der Waals surface area contributed by atoms with Gasteiger partial charge in [-0.15, -0.1) is 0 Å². The number of rotatable bonds is 5. The van der Waals surface area contributed by atoms with Crippen molar-refractivity contribution in [1.82, 2.24) is 10.6 Å². The van der Waals surface area contributed by atoms with Crippen LogP contribution in [0.25, 0.3) is 0 Å². The number of fused-ring (bicyclic) bond motifs is 3. The lowest BCUT2D eigenvalue weighted by Gasteiger charge is -2.32. The number of benzene rings is 1. The molecule has 0 radical (unpaired) electrons. The van der Waals surface area contributed by atoms with E-state index in [0.717, 1.165) is 43.7 Å². The highest BCUT2D eigenvalue weighted by molar-refractivity contribution is 5.76. The first-order valence-electron chi connectivity index (χ1n) is 11.1. The van der Waals surface area contributed by atoms with Crippen LogP contribution in [0.3, 0.4) is 0 Å². The van der Waals surface area contributed by atoms with E-state index in [-0.39, 0.29) is 11.3 Å². The van der Waals surface area contributed by atoms with Gasteiger partial charge in [0.2, 0.25) is 5.91 Å². The summed E-state index contributed by atoms with van der Waals surface area (Å²) in [4.78, 5) is 12.7. The summed E-state index contributed by atoms with van der Waals surface area (Å²) in [5.74, 6) is 2.47. The first-order chi connectivity index (χ1) is 13.7. The molecule has 3 aliphatic heterocycles. The Morgan fingerprint density at radius 3 is 2.54 bits per heavy atom. The third-order valence-corrected chi connectivity index (χ3v) is 7.38. The van der Waals surface area contributed by atoms with Gasteiger partial charge in [-0.25, -0.2) is 0 Å². The van der Waals surface area contributed by atoms with Crippen molar-refractivity contribution >= 4 is 5.91 Å². The molecule has 28 heavy (non-hydrogen) atoms. The first-order valence-corrected chi connectivity index (χ1v) is 11.1. The summed E-state index contributed by atoms with van der Waals surface area (Å²) in [6.45, 7) is 1.97. The van der Waals surface area contributed by atoms with Gasteiger partial charge in [-0.05, 0) is 62.1 Å². The predicted molar refractivity (Wildman–Crippen MR) is 108 cm³/mol. The molecule has 2 bridgehead atoms. The molecule has 2 unspecified atom stereocenters. The van der Waals surface area contributed by atoms with Crippen LogP contribution in [-0.4, -0.2) is 37.7 Å². The number of hydrogen-bond acceptors (Lipinski definition) is 4. The van der Waals surface area contributed by atoms with Gasteiger partial charge in [0.1, 0.15) is 13.2 Å². The van der Waals surface area contributed by atoms with E-state index >= 15 is 0 Å². The maximum absolute atomic E-state index is 12.7. The van der Waals surface area contributed by atoms with Gasteiger partial charge in [-0.2, -0.15) is 0 Å². The molecule has 5 rings (SSSR count). The van der Waals surface area contributed by atoms with E-state index in [1.807, 2.05) is 6.07 Å². The number of hydrogen-bond donors (Lipinski definition) is 2. The molecular weight excluding hydrogens is 352 g/mol. The molecule has 3 fully saturated rings. The highest BCUT2D eigenvalue weighted by atomic mass is 16.6. The molecule has 2 saturated heterocycles. The molecule has 1 amide bonds. The maximum atomic E-state index is 12.7. The van der Waals surface area contributed by atoms with E-state index < -0.39 is 0 Å². The minimum absolute atomic E-state index is 0.0403. The Morgan fingerprint density at radius 2 is 1.79 bits per heavy atom. The predicted octanol–water partition coefficient (Wildman–Crippen LogP) is 3.31. The quantitative estimate of drug-likeness (QED) is 0.818. The highest BCUT2D eigenvalue weighted by Crippen LogP contribution is 2.44. The normalized spacial score (nSPS) is 30.2.